The summed E-state index contributed by atoms with van der Waals surface area (Å²) in [5, 5.41) is 3.07. The van der Waals surface area contributed by atoms with Gasteiger partial charge < -0.3 is 10.1 Å². The van der Waals surface area contributed by atoms with Crippen LogP contribution in [0.15, 0.2) is 60.3 Å². The molecule has 0 fully saturated rings. The van der Waals surface area contributed by atoms with E-state index >= 15 is 0 Å². The minimum absolute atomic E-state index is 0.0543. The summed E-state index contributed by atoms with van der Waals surface area (Å²) in [6.45, 7) is 1.32. The highest BCUT2D eigenvalue weighted by molar-refractivity contribution is 6.30. The number of amides is 1. The molecule has 1 amide bonds. The van der Waals surface area contributed by atoms with Crippen molar-refractivity contribution in [1.82, 2.24) is 5.32 Å². The number of para-hydroxylation sites is 1. The second-order valence-corrected chi connectivity index (χ2v) is 4.93. The molecular formula is C17H14ClNO3. The molecule has 0 aliphatic rings. The molecular weight excluding hydrogens is 302 g/mol. The summed E-state index contributed by atoms with van der Waals surface area (Å²) in [7, 11) is 0. The maximum atomic E-state index is 12.2. The fourth-order valence-corrected chi connectivity index (χ4v) is 1.84. The van der Waals surface area contributed by atoms with Crippen molar-refractivity contribution in [1.29, 1.82) is 0 Å². The molecule has 0 atom stereocenters. The Labute approximate surface area is 133 Å². The van der Waals surface area contributed by atoms with Crippen LogP contribution in [-0.4, -0.2) is 11.9 Å². The lowest BCUT2D eigenvalue weighted by Gasteiger charge is -2.08. The zero-order valence-corrected chi connectivity index (χ0v) is 12.6. The van der Waals surface area contributed by atoms with Crippen LogP contribution in [-0.2, 0) is 9.59 Å². The van der Waals surface area contributed by atoms with E-state index in [-0.39, 0.29) is 11.6 Å². The average molecular weight is 316 g/mol. The number of rotatable bonds is 4. The van der Waals surface area contributed by atoms with Crippen molar-refractivity contribution in [2.45, 2.75) is 6.92 Å². The van der Waals surface area contributed by atoms with Gasteiger partial charge in [0.2, 0.25) is 5.91 Å². The number of hydrogen-bond donors (Lipinski definition) is 1. The third kappa shape index (κ3) is 4.75. The molecule has 0 unspecified atom stereocenters. The molecule has 0 bridgehead atoms. The average Bonchev–Trinajstić information content (AvgIpc) is 2.49. The van der Waals surface area contributed by atoms with Crippen LogP contribution in [0.25, 0.3) is 6.08 Å². The third-order valence-corrected chi connectivity index (χ3v) is 2.92. The molecule has 4 nitrogen and oxygen atoms in total. The lowest BCUT2D eigenvalue weighted by molar-refractivity contribution is -0.132. The summed E-state index contributed by atoms with van der Waals surface area (Å²) < 4.78 is 5.23. The standard InChI is InChI=1S/C17H14ClNO3/c1-12(20)19-16(11-13-7-9-14(18)10-8-13)17(21)22-15-5-3-2-4-6-15/h2-11H,1H3,(H,19,20)/b16-11-. The molecule has 2 aromatic rings. The lowest BCUT2D eigenvalue weighted by atomic mass is 10.2. The van der Waals surface area contributed by atoms with Gasteiger partial charge in [-0.15, -0.1) is 0 Å². The lowest BCUT2D eigenvalue weighted by Crippen LogP contribution is -2.27. The van der Waals surface area contributed by atoms with Crippen LogP contribution in [0, 0.1) is 0 Å². The van der Waals surface area contributed by atoms with Gasteiger partial charge in [0, 0.05) is 11.9 Å². The van der Waals surface area contributed by atoms with E-state index in [9.17, 15) is 9.59 Å². The Morgan fingerprint density at radius 1 is 1.05 bits per heavy atom. The molecule has 0 aliphatic heterocycles. The van der Waals surface area contributed by atoms with Gasteiger partial charge >= 0.3 is 5.97 Å². The second-order valence-electron chi connectivity index (χ2n) is 4.49. The van der Waals surface area contributed by atoms with Crippen LogP contribution in [0.1, 0.15) is 12.5 Å². The van der Waals surface area contributed by atoms with Gasteiger partial charge in [-0.1, -0.05) is 41.9 Å². The van der Waals surface area contributed by atoms with Crippen molar-refractivity contribution in [3.63, 3.8) is 0 Å². The van der Waals surface area contributed by atoms with E-state index in [1.54, 1.807) is 48.5 Å². The van der Waals surface area contributed by atoms with Gasteiger partial charge in [0.1, 0.15) is 11.4 Å². The number of hydrogen-bond acceptors (Lipinski definition) is 3. The Morgan fingerprint density at radius 2 is 1.68 bits per heavy atom. The van der Waals surface area contributed by atoms with Gasteiger partial charge in [0.05, 0.1) is 0 Å². The van der Waals surface area contributed by atoms with E-state index in [1.165, 1.54) is 13.0 Å². The number of carbonyl (C=O) groups is 2. The molecule has 1 N–H and O–H groups in total. The Hall–Kier alpha value is -2.59. The Kier molecular flexibility index (Phi) is 5.33. The van der Waals surface area contributed by atoms with E-state index in [0.29, 0.717) is 10.8 Å². The van der Waals surface area contributed by atoms with E-state index in [2.05, 4.69) is 5.32 Å². The van der Waals surface area contributed by atoms with Crippen LogP contribution in [0.3, 0.4) is 0 Å². The highest BCUT2D eigenvalue weighted by Crippen LogP contribution is 2.14. The summed E-state index contributed by atoms with van der Waals surface area (Å²) in [5.41, 5.74) is 0.775. The van der Waals surface area contributed by atoms with Crippen molar-refractivity contribution in [2.75, 3.05) is 0 Å². The Morgan fingerprint density at radius 3 is 2.27 bits per heavy atom. The molecule has 112 valence electrons. The van der Waals surface area contributed by atoms with Crippen molar-refractivity contribution >= 4 is 29.6 Å². The Balaban J connectivity index is 2.23. The largest absolute Gasteiger partial charge is 0.422 e. The number of benzene rings is 2. The van der Waals surface area contributed by atoms with E-state index < -0.39 is 5.97 Å². The minimum Gasteiger partial charge on any atom is -0.422 e. The van der Waals surface area contributed by atoms with Gasteiger partial charge in [0.25, 0.3) is 0 Å². The second kappa shape index (κ2) is 7.43. The van der Waals surface area contributed by atoms with Crippen LogP contribution in [0.5, 0.6) is 5.75 Å². The molecule has 0 spiro atoms. The van der Waals surface area contributed by atoms with Crippen molar-refractivity contribution in [3.05, 3.63) is 70.9 Å². The molecule has 0 aromatic heterocycles. The fourth-order valence-electron chi connectivity index (χ4n) is 1.71. The van der Waals surface area contributed by atoms with Gasteiger partial charge in [-0.05, 0) is 35.9 Å². The summed E-state index contributed by atoms with van der Waals surface area (Å²) in [6.07, 6.45) is 1.53. The normalized spacial score (nSPS) is 10.9. The summed E-state index contributed by atoms with van der Waals surface area (Å²) in [5.74, 6) is -0.596. The van der Waals surface area contributed by atoms with Gasteiger partial charge in [-0.2, -0.15) is 0 Å². The van der Waals surface area contributed by atoms with Crippen LogP contribution >= 0.6 is 11.6 Å². The number of esters is 1. The zero-order chi connectivity index (χ0) is 15.9. The first-order valence-corrected chi connectivity index (χ1v) is 6.94. The predicted molar refractivity (Wildman–Crippen MR) is 85.3 cm³/mol. The summed E-state index contributed by atoms with van der Waals surface area (Å²) >= 11 is 5.82. The SMILES string of the molecule is CC(=O)N/C(=C\c1ccc(Cl)cc1)C(=O)Oc1ccccc1. The number of halogens is 1. The molecule has 5 heteroatoms. The van der Waals surface area contributed by atoms with Crippen molar-refractivity contribution < 1.29 is 14.3 Å². The van der Waals surface area contributed by atoms with Crippen LogP contribution in [0.4, 0.5) is 0 Å². The number of ether oxygens (including phenoxy) is 1. The molecule has 22 heavy (non-hydrogen) atoms. The molecule has 0 aliphatic carbocycles. The fraction of sp³-hybridized carbons (Fsp3) is 0.0588. The first-order valence-electron chi connectivity index (χ1n) is 6.56. The zero-order valence-electron chi connectivity index (χ0n) is 11.9. The monoisotopic (exact) mass is 315 g/mol. The van der Waals surface area contributed by atoms with Crippen molar-refractivity contribution in [2.24, 2.45) is 0 Å². The van der Waals surface area contributed by atoms with Crippen molar-refractivity contribution in [3.8, 4) is 5.75 Å². The Bertz CT molecular complexity index is 694. The van der Waals surface area contributed by atoms with Crippen LogP contribution in [0.2, 0.25) is 5.02 Å². The minimum atomic E-state index is -0.642. The molecule has 0 radical (unpaired) electrons. The predicted octanol–water partition coefficient (Wildman–Crippen LogP) is 3.42. The third-order valence-electron chi connectivity index (χ3n) is 2.67. The molecule has 2 rings (SSSR count). The number of nitrogens with one attached hydrogen (secondary N) is 1. The summed E-state index contributed by atoms with van der Waals surface area (Å²) in [6, 6.07) is 15.5. The topological polar surface area (TPSA) is 55.4 Å². The smallest absolute Gasteiger partial charge is 0.360 e. The van der Waals surface area contributed by atoms with E-state index in [4.69, 9.17) is 16.3 Å². The highest BCUT2D eigenvalue weighted by Gasteiger charge is 2.13. The first-order chi connectivity index (χ1) is 10.5. The van der Waals surface area contributed by atoms with Gasteiger partial charge in [-0.3, -0.25) is 4.79 Å². The molecule has 0 saturated heterocycles. The van der Waals surface area contributed by atoms with E-state index in [0.717, 1.165) is 5.56 Å². The first kappa shape index (κ1) is 15.8. The quantitative estimate of drug-likeness (QED) is 0.534. The molecule has 0 saturated carbocycles. The highest BCUT2D eigenvalue weighted by atomic mass is 35.5. The van der Waals surface area contributed by atoms with Crippen LogP contribution < -0.4 is 10.1 Å². The maximum absolute atomic E-state index is 12.2. The van der Waals surface area contributed by atoms with Gasteiger partial charge in [-0.25, -0.2) is 4.79 Å². The van der Waals surface area contributed by atoms with Gasteiger partial charge in [0.15, 0.2) is 0 Å². The maximum Gasteiger partial charge on any atom is 0.360 e. The molecule has 0 heterocycles. The van der Waals surface area contributed by atoms with E-state index in [1.807, 2.05) is 6.07 Å². The molecule has 2 aromatic carbocycles. The summed E-state index contributed by atoms with van der Waals surface area (Å²) in [4.78, 5) is 23.5. The number of carbonyl (C=O) groups excluding carboxylic acids is 2.